The van der Waals surface area contributed by atoms with E-state index in [0.29, 0.717) is 0 Å². The van der Waals surface area contributed by atoms with E-state index in [9.17, 15) is 14.7 Å². The zero-order valence-corrected chi connectivity index (χ0v) is 16.5. The van der Waals surface area contributed by atoms with Gasteiger partial charge in [0.15, 0.2) is 0 Å². The van der Waals surface area contributed by atoms with Gasteiger partial charge in [0.05, 0.1) is 12.3 Å². The average Bonchev–Trinajstić information content (AvgIpc) is 2.75. The van der Waals surface area contributed by atoms with Crippen LogP contribution in [0.25, 0.3) is 0 Å². The fraction of sp³-hybridized carbons (Fsp3) is 0.524. The van der Waals surface area contributed by atoms with Gasteiger partial charge in [-0.1, -0.05) is 25.3 Å². The summed E-state index contributed by atoms with van der Waals surface area (Å²) in [6.07, 6.45) is 12.8. The monoisotopic (exact) mass is 397 g/mol. The number of nitrogens with zero attached hydrogens (tertiary/aromatic N) is 4. The lowest BCUT2D eigenvalue weighted by Crippen LogP contribution is -2.35. The van der Waals surface area contributed by atoms with Crippen molar-refractivity contribution in [1.29, 1.82) is 0 Å². The minimum Gasteiger partial charge on any atom is -0.494 e. The molecule has 8 heteroatoms. The third-order valence-corrected chi connectivity index (χ3v) is 5.97. The third kappa shape index (κ3) is 4.11. The van der Waals surface area contributed by atoms with Gasteiger partial charge in [-0.05, 0) is 43.7 Å². The van der Waals surface area contributed by atoms with Crippen molar-refractivity contribution in [3.8, 4) is 5.88 Å². The van der Waals surface area contributed by atoms with Gasteiger partial charge in [0.1, 0.15) is 5.56 Å². The molecule has 3 heterocycles. The molecule has 8 nitrogen and oxygen atoms in total. The summed E-state index contributed by atoms with van der Waals surface area (Å²) in [5.74, 6) is -0.288. The normalized spacial score (nSPS) is 21.0. The molecule has 0 radical (unpaired) electrons. The van der Waals surface area contributed by atoms with Crippen molar-refractivity contribution in [3.63, 3.8) is 0 Å². The van der Waals surface area contributed by atoms with E-state index in [0.717, 1.165) is 63.5 Å². The molecule has 1 aliphatic heterocycles. The number of pyridine rings is 1. The molecule has 2 aromatic rings. The lowest BCUT2D eigenvalue weighted by molar-refractivity contribution is 0.156. The molecule has 0 aromatic carbocycles. The predicted molar refractivity (Wildman–Crippen MR) is 110 cm³/mol. The number of hydrogen-bond acceptors (Lipinski definition) is 6. The van der Waals surface area contributed by atoms with E-state index in [-0.39, 0.29) is 23.5 Å². The number of rotatable bonds is 4. The molecule has 1 saturated carbocycles. The predicted octanol–water partition coefficient (Wildman–Crippen LogP) is 2.70. The average molecular weight is 397 g/mol. The van der Waals surface area contributed by atoms with Crippen molar-refractivity contribution < 1.29 is 5.11 Å². The number of hydrogen-bond donors (Lipinski definition) is 2. The van der Waals surface area contributed by atoms with Crippen molar-refractivity contribution in [2.24, 2.45) is 5.10 Å². The van der Waals surface area contributed by atoms with Gasteiger partial charge >= 0.3 is 5.69 Å². The third-order valence-electron chi connectivity index (χ3n) is 5.97. The Balaban J connectivity index is 1.65. The van der Waals surface area contributed by atoms with E-state index in [1.54, 1.807) is 6.20 Å². The molecule has 2 aromatic heterocycles. The first-order valence-electron chi connectivity index (χ1n) is 10.4. The van der Waals surface area contributed by atoms with Gasteiger partial charge in [0, 0.05) is 25.0 Å². The number of aromatic amines is 1. The lowest BCUT2D eigenvalue weighted by atomic mass is 9.95. The Bertz CT molecular complexity index is 976. The SMILES string of the molecule is O=c1[nH]c(=O)n(C2CCCCC2)c(O)c1/C=N/N1CCCC[C@@H]1c1cccnc1. The molecule has 29 heavy (non-hydrogen) atoms. The van der Waals surface area contributed by atoms with Gasteiger partial charge in [0.2, 0.25) is 5.88 Å². The van der Waals surface area contributed by atoms with Crippen LogP contribution in [0.2, 0.25) is 0 Å². The van der Waals surface area contributed by atoms with Crippen LogP contribution in [0.15, 0.2) is 39.2 Å². The van der Waals surface area contributed by atoms with E-state index in [4.69, 9.17) is 0 Å². The van der Waals surface area contributed by atoms with Gasteiger partial charge in [-0.25, -0.2) is 4.79 Å². The maximum absolute atomic E-state index is 12.4. The highest BCUT2D eigenvalue weighted by atomic mass is 16.3. The van der Waals surface area contributed by atoms with E-state index in [1.165, 1.54) is 10.8 Å². The molecular weight excluding hydrogens is 370 g/mol. The molecule has 1 aliphatic carbocycles. The van der Waals surface area contributed by atoms with Crippen LogP contribution in [0.1, 0.15) is 74.6 Å². The number of hydrazone groups is 1. The minimum absolute atomic E-state index is 0.0330. The molecule has 1 atom stereocenters. The molecule has 0 amide bonds. The molecule has 2 N–H and O–H groups in total. The van der Waals surface area contributed by atoms with Gasteiger partial charge in [-0.2, -0.15) is 5.10 Å². The van der Waals surface area contributed by atoms with Crippen LogP contribution in [0.5, 0.6) is 5.88 Å². The summed E-state index contributed by atoms with van der Waals surface area (Å²) in [5.41, 5.74) is -0.0543. The smallest absolute Gasteiger partial charge is 0.331 e. The number of H-pyrrole nitrogens is 1. The topological polar surface area (TPSA) is 104 Å². The standard InChI is InChI=1S/C21H27N5O3/c27-19-17(20(28)26(21(29)24-19)16-8-2-1-3-9-16)14-23-25-12-5-4-10-18(25)15-7-6-11-22-13-15/h6-7,11,13-14,16,18,28H,1-5,8-10,12H2,(H,24,27,29)/b23-14+/t18-/m1/s1. The van der Waals surface area contributed by atoms with E-state index >= 15 is 0 Å². The Morgan fingerprint density at radius 1 is 1.14 bits per heavy atom. The Morgan fingerprint density at radius 3 is 2.69 bits per heavy atom. The fourth-order valence-electron chi connectivity index (χ4n) is 4.44. The van der Waals surface area contributed by atoms with E-state index in [2.05, 4.69) is 15.1 Å². The second kappa shape index (κ2) is 8.63. The summed E-state index contributed by atoms with van der Waals surface area (Å²) in [6, 6.07) is 3.93. The largest absolute Gasteiger partial charge is 0.494 e. The van der Waals surface area contributed by atoms with Crippen LogP contribution in [-0.4, -0.2) is 37.4 Å². The molecule has 2 fully saturated rings. The first-order valence-corrected chi connectivity index (χ1v) is 10.4. The first-order chi connectivity index (χ1) is 14.1. The van der Waals surface area contributed by atoms with Gasteiger partial charge in [-0.15, -0.1) is 0 Å². The molecule has 154 valence electrons. The zero-order valence-electron chi connectivity index (χ0n) is 16.5. The fourth-order valence-corrected chi connectivity index (χ4v) is 4.44. The van der Waals surface area contributed by atoms with Crippen LogP contribution < -0.4 is 11.2 Å². The number of aromatic nitrogens is 3. The highest BCUT2D eigenvalue weighted by Crippen LogP contribution is 2.31. The van der Waals surface area contributed by atoms with Crippen LogP contribution >= 0.6 is 0 Å². The van der Waals surface area contributed by atoms with Crippen molar-refractivity contribution in [2.45, 2.75) is 63.5 Å². The maximum Gasteiger partial charge on any atom is 0.331 e. The molecule has 0 spiro atoms. The summed E-state index contributed by atoms with van der Waals surface area (Å²) in [7, 11) is 0. The summed E-state index contributed by atoms with van der Waals surface area (Å²) in [6.45, 7) is 0.761. The number of nitrogens with one attached hydrogen (secondary N) is 1. The summed E-state index contributed by atoms with van der Waals surface area (Å²) in [5, 5.41) is 17.2. The van der Waals surface area contributed by atoms with E-state index in [1.807, 2.05) is 23.3 Å². The molecule has 4 rings (SSSR count). The van der Waals surface area contributed by atoms with Gasteiger partial charge < -0.3 is 5.11 Å². The van der Waals surface area contributed by atoms with Crippen LogP contribution in [0.4, 0.5) is 0 Å². The second-order valence-corrected chi connectivity index (χ2v) is 7.86. The van der Waals surface area contributed by atoms with Crippen molar-refractivity contribution in [2.75, 3.05) is 6.54 Å². The second-order valence-electron chi connectivity index (χ2n) is 7.86. The van der Waals surface area contributed by atoms with Crippen molar-refractivity contribution >= 4 is 6.21 Å². The highest BCUT2D eigenvalue weighted by molar-refractivity contribution is 5.81. The Morgan fingerprint density at radius 2 is 1.93 bits per heavy atom. The summed E-state index contributed by atoms with van der Waals surface area (Å²) < 4.78 is 1.33. The van der Waals surface area contributed by atoms with Crippen LogP contribution in [0, 0.1) is 0 Å². The lowest BCUT2D eigenvalue weighted by Gasteiger charge is -2.33. The zero-order chi connectivity index (χ0) is 20.2. The molecule has 0 unspecified atom stereocenters. The maximum atomic E-state index is 12.4. The van der Waals surface area contributed by atoms with Gasteiger partial charge in [-0.3, -0.25) is 24.3 Å². The van der Waals surface area contributed by atoms with E-state index < -0.39 is 11.2 Å². The van der Waals surface area contributed by atoms with Crippen LogP contribution in [-0.2, 0) is 0 Å². The molecular formula is C21H27N5O3. The number of aromatic hydroxyl groups is 1. The first kappa shape index (κ1) is 19.4. The Kier molecular flexibility index (Phi) is 5.78. The molecule has 0 bridgehead atoms. The van der Waals surface area contributed by atoms with Gasteiger partial charge in [0.25, 0.3) is 5.56 Å². The van der Waals surface area contributed by atoms with Crippen LogP contribution in [0.3, 0.4) is 0 Å². The minimum atomic E-state index is -0.613. The summed E-state index contributed by atoms with van der Waals surface area (Å²) >= 11 is 0. The molecule has 1 saturated heterocycles. The van der Waals surface area contributed by atoms with Crippen molar-refractivity contribution in [3.05, 3.63) is 56.5 Å². The highest BCUT2D eigenvalue weighted by Gasteiger charge is 2.25. The number of piperidine rings is 1. The Hall–Kier alpha value is -2.90. The quantitative estimate of drug-likeness (QED) is 0.772. The Labute approximate surface area is 168 Å². The summed E-state index contributed by atoms with van der Waals surface area (Å²) in [4.78, 5) is 31.3. The molecule has 2 aliphatic rings. The van der Waals surface area contributed by atoms with Crippen molar-refractivity contribution in [1.82, 2.24) is 19.5 Å².